The lowest BCUT2D eigenvalue weighted by atomic mass is 9.86. The van der Waals surface area contributed by atoms with E-state index in [9.17, 15) is 0 Å². The maximum Gasteiger partial charge on any atom is -0.00143 e. The lowest BCUT2D eigenvalue weighted by molar-refractivity contribution is 0.487. The highest BCUT2D eigenvalue weighted by molar-refractivity contribution is 5.27. The summed E-state index contributed by atoms with van der Waals surface area (Å²) in [6.07, 6.45) is 1.33. The zero-order valence-corrected chi connectivity index (χ0v) is 10.7. The smallest absolute Gasteiger partial charge is 0.00143 e. The van der Waals surface area contributed by atoms with E-state index < -0.39 is 0 Å². The molecule has 1 aromatic carbocycles. The summed E-state index contributed by atoms with van der Waals surface area (Å²) < 4.78 is 0. The molecular formula is C15H23N. The Morgan fingerprint density at radius 1 is 1.06 bits per heavy atom. The monoisotopic (exact) mass is 217 g/mol. The molecule has 2 unspecified atom stereocenters. The minimum Gasteiger partial charge on any atom is -0.316 e. The summed E-state index contributed by atoms with van der Waals surface area (Å²) in [5, 5.41) is 3.45. The molecule has 0 aromatic heterocycles. The first-order chi connectivity index (χ1) is 7.68. The van der Waals surface area contributed by atoms with Crippen molar-refractivity contribution in [2.24, 2.45) is 5.92 Å². The van der Waals surface area contributed by atoms with Crippen LogP contribution in [0.1, 0.15) is 50.2 Å². The van der Waals surface area contributed by atoms with Gasteiger partial charge < -0.3 is 5.32 Å². The third-order valence-electron chi connectivity index (χ3n) is 3.93. The molecule has 1 nitrogen and oxygen atoms in total. The van der Waals surface area contributed by atoms with E-state index in [0.717, 1.165) is 5.92 Å². The molecule has 16 heavy (non-hydrogen) atoms. The maximum absolute atomic E-state index is 3.45. The fourth-order valence-corrected chi connectivity index (χ4v) is 2.56. The van der Waals surface area contributed by atoms with Crippen molar-refractivity contribution in [1.29, 1.82) is 0 Å². The predicted molar refractivity (Wildman–Crippen MR) is 69.9 cm³/mol. The molecule has 1 N–H and O–H groups in total. The van der Waals surface area contributed by atoms with Crippen LogP contribution in [0.2, 0.25) is 0 Å². The van der Waals surface area contributed by atoms with E-state index in [2.05, 4.69) is 50.4 Å². The first-order valence-electron chi connectivity index (χ1n) is 6.49. The Morgan fingerprint density at radius 3 is 2.19 bits per heavy atom. The fourth-order valence-electron chi connectivity index (χ4n) is 2.56. The number of hydrogen-bond donors (Lipinski definition) is 1. The second-order valence-electron chi connectivity index (χ2n) is 5.36. The standard InChI is InChI=1S/C15H23N/c1-11(2)13-4-6-14(7-5-13)12(3)15-8-9-16-10-15/h4-7,11-12,15-16H,8-10H2,1-3H3. The number of hydrogen-bond acceptors (Lipinski definition) is 1. The number of benzene rings is 1. The average molecular weight is 217 g/mol. The van der Waals surface area contributed by atoms with Crippen LogP contribution in [0.25, 0.3) is 0 Å². The van der Waals surface area contributed by atoms with Crippen LogP contribution in [0.3, 0.4) is 0 Å². The highest BCUT2D eigenvalue weighted by atomic mass is 14.9. The summed E-state index contributed by atoms with van der Waals surface area (Å²) in [6.45, 7) is 9.24. The predicted octanol–water partition coefficient (Wildman–Crippen LogP) is 3.52. The molecule has 0 radical (unpaired) electrons. The van der Waals surface area contributed by atoms with Gasteiger partial charge in [-0.05, 0) is 48.4 Å². The molecule has 2 rings (SSSR count). The molecule has 0 aliphatic carbocycles. The van der Waals surface area contributed by atoms with Crippen LogP contribution >= 0.6 is 0 Å². The van der Waals surface area contributed by atoms with Crippen LogP contribution in [0, 0.1) is 5.92 Å². The second-order valence-corrected chi connectivity index (χ2v) is 5.36. The van der Waals surface area contributed by atoms with E-state index in [1.165, 1.54) is 30.6 Å². The molecule has 88 valence electrons. The lowest BCUT2D eigenvalue weighted by Gasteiger charge is -2.19. The van der Waals surface area contributed by atoms with Crippen LogP contribution < -0.4 is 5.32 Å². The minimum atomic E-state index is 0.637. The van der Waals surface area contributed by atoms with Crippen LogP contribution in [0.15, 0.2) is 24.3 Å². The summed E-state index contributed by atoms with van der Waals surface area (Å²) in [6, 6.07) is 9.22. The average Bonchev–Trinajstić information content (AvgIpc) is 2.81. The van der Waals surface area contributed by atoms with E-state index in [1.807, 2.05) is 0 Å². The van der Waals surface area contributed by atoms with Gasteiger partial charge in [0.25, 0.3) is 0 Å². The third-order valence-corrected chi connectivity index (χ3v) is 3.93. The van der Waals surface area contributed by atoms with Gasteiger partial charge in [0.2, 0.25) is 0 Å². The topological polar surface area (TPSA) is 12.0 Å². The van der Waals surface area contributed by atoms with E-state index in [4.69, 9.17) is 0 Å². The van der Waals surface area contributed by atoms with Gasteiger partial charge in [-0.15, -0.1) is 0 Å². The number of nitrogens with one attached hydrogen (secondary N) is 1. The summed E-state index contributed by atoms with van der Waals surface area (Å²) in [4.78, 5) is 0. The quantitative estimate of drug-likeness (QED) is 0.817. The molecule has 0 saturated carbocycles. The lowest BCUT2D eigenvalue weighted by Crippen LogP contribution is -2.14. The van der Waals surface area contributed by atoms with Crippen LogP contribution in [-0.4, -0.2) is 13.1 Å². The van der Waals surface area contributed by atoms with Crippen LogP contribution in [0.5, 0.6) is 0 Å². The number of rotatable bonds is 3. The summed E-state index contributed by atoms with van der Waals surface area (Å²) in [7, 11) is 0. The molecule has 0 spiro atoms. The van der Waals surface area contributed by atoms with Crippen molar-refractivity contribution in [3.63, 3.8) is 0 Å². The van der Waals surface area contributed by atoms with Crippen molar-refractivity contribution in [3.8, 4) is 0 Å². The van der Waals surface area contributed by atoms with E-state index in [1.54, 1.807) is 0 Å². The SMILES string of the molecule is CC(C)c1ccc(C(C)C2CCNC2)cc1. The third kappa shape index (κ3) is 2.46. The molecule has 1 heteroatoms. The van der Waals surface area contributed by atoms with Gasteiger partial charge in [-0.25, -0.2) is 0 Å². The second kappa shape index (κ2) is 5.01. The van der Waals surface area contributed by atoms with Crippen LogP contribution in [0.4, 0.5) is 0 Å². The Labute approximate surface area is 99.3 Å². The van der Waals surface area contributed by atoms with E-state index in [0.29, 0.717) is 11.8 Å². The zero-order chi connectivity index (χ0) is 11.5. The van der Waals surface area contributed by atoms with Gasteiger partial charge in [0.15, 0.2) is 0 Å². The molecule has 1 heterocycles. The van der Waals surface area contributed by atoms with Gasteiger partial charge in [-0.1, -0.05) is 45.0 Å². The Morgan fingerprint density at radius 2 is 1.69 bits per heavy atom. The molecule has 1 fully saturated rings. The van der Waals surface area contributed by atoms with E-state index in [-0.39, 0.29) is 0 Å². The van der Waals surface area contributed by atoms with Gasteiger partial charge in [0.1, 0.15) is 0 Å². The highest BCUT2D eigenvalue weighted by Gasteiger charge is 2.22. The van der Waals surface area contributed by atoms with Gasteiger partial charge in [0, 0.05) is 0 Å². The summed E-state index contributed by atoms with van der Waals surface area (Å²) in [5.74, 6) is 2.15. The van der Waals surface area contributed by atoms with E-state index >= 15 is 0 Å². The first-order valence-corrected chi connectivity index (χ1v) is 6.49. The Bertz CT molecular complexity index is 320. The van der Waals surface area contributed by atoms with Gasteiger partial charge in [0.05, 0.1) is 0 Å². The van der Waals surface area contributed by atoms with Gasteiger partial charge >= 0.3 is 0 Å². The summed E-state index contributed by atoms with van der Waals surface area (Å²) in [5.41, 5.74) is 2.94. The Kier molecular flexibility index (Phi) is 3.65. The molecule has 0 bridgehead atoms. The van der Waals surface area contributed by atoms with Crippen molar-refractivity contribution in [1.82, 2.24) is 5.32 Å². The molecule has 1 saturated heterocycles. The minimum absolute atomic E-state index is 0.637. The van der Waals surface area contributed by atoms with Crippen molar-refractivity contribution >= 4 is 0 Å². The molecule has 2 atom stereocenters. The zero-order valence-electron chi connectivity index (χ0n) is 10.7. The molecular weight excluding hydrogens is 194 g/mol. The van der Waals surface area contributed by atoms with Crippen molar-refractivity contribution in [2.45, 2.75) is 39.0 Å². The molecule has 1 aliphatic rings. The van der Waals surface area contributed by atoms with Gasteiger partial charge in [-0.2, -0.15) is 0 Å². The van der Waals surface area contributed by atoms with Crippen molar-refractivity contribution in [3.05, 3.63) is 35.4 Å². The van der Waals surface area contributed by atoms with Crippen molar-refractivity contribution in [2.75, 3.05) is 13.1 Å². The molecule has 0 amide bonds. The largest absolute Gasteiger partial charge is 0.316 e. The summed E-state index contributed by atoms with van der Waals surface area (Å²) >= 11 is 0. The molecule has 1 aromatic rings. The Hall–Kier alpha value is -0.820. The molecule has 1 aliphatic heterocycles. The first kappa shape index (κ1) is 11.7. The normalized spacial score (nSPS) is 22.6. The fraction of sp³-hybridized carbons (Fsp3) is 0.600. The Balaban J connectivity index is 2.08. The maximum atomic E-state index is 3.45. The van der Waals surface area contributed by atoms with Crippen molar-refractivity contribution < 1.29 is 0 Å². The highest BCUT2D eigenvalue weighted by Crippen LogP contribution is 2.29. The van der Waals surface area contributed by atoms with Crippen LogP contribution in [-0.2, 0) is 0 Å². The van der Waals surface area contributed by atoms with Gasteiger partial charge in [-0.3, -0.25) is 0 Å².